The smallest absolute Gasteiger partial charge is 1.00 e. The van der Waals surface area contributed by atoms with Crippen LogP contribution in [0.1, 0.15) is 13.4 Å². The zero-order valence-corrected chi connectivity index (χ0v) is 11.6. The third-order valence-electron chi connectivity index (χ3n) is 1.82. The Balaban J connectivity index is 0. The van der Waals surface area contributed by atoms with Crippen LogP contribution in [0, 0.1) is 0 Å². The van der Waals surface area contributed by atoms with Crippen LogP contribution in [-0.4, -0.2) is 6.61 Å². The molecule has 0 bridgehead atoms. The fourth-order valence-corrected chi connectivity index (χ4v) is 1.30. The van der Waals surface area contributed by atoms with Gasteiger partial charge in [-0.15, -0.1) is 0 Å². The number of fused-ring (bicyclic) bond motifs is 1. The third kappa shape index (κ3) is 3.15. The monoisotopic (exact) mass is 226 g/mol. The van der Waals surface area contributed by atoms with E-state index in [1.165, 1.54) is 12.0 Å². The normalized spacial score (nSPS) is 13.0. The van der Waals surface area contributed by atoms with Gasteiger partial charge >= 0.3 is 51.4 Å². The predicted molar refractivity (Wildman–Crippen MR) is 41.4 cm³/mol. The number of hydrogen-bond donors (Lipinski definition) is 0. The van der Waals surface area contributed by atoms with Crippen molar-refractivity contribution in [2.24, 2.45) is 0 Å². The van der Waals surface area contributed by atoms with Crippen LogP contribution in [0.2, 0.25) is 0 Å². The molecule has 0 unspecified atom stereocenters. The fraction of sp³-hybridized carbons (Fsp3) is 0.333. The van der Waals surface area contributed by atoms with E-state index >= 15 is 0 Å². The molecule has 3 heteroatoms. The number of ether oxygens (including phenoxy) is 1. The van der Waals surface area contributed by atoms with E-state index in [1.54, 1.807) is 0 Å². The molecule has 1 aromatic carbocycles. The third-order valence-corrected chi connectivity index (χ3v) is 1.82. The Morgan fingerprint density at radius 1 is 1.25 bits per heavy atom. The van der Waals surface area contributed by atoms with Crippen molar-refractivity contribution < 1.29 is 74.9 Å². The van der Waals surface area contributed by atoms with Crippen molar-refractivity contribution >= 4 is 0 Å². The summed E-state index contributed by atoms with van der Waals surface area (Å²) in [4.78, 5) is 0. The van der Waals surface area contributed by atoms with E-state index in [2.05, 4.69) is 12.1 Å². The van der Waals surface area contributed by atoms with Crippen LogP contribution >= 0.6 is 0 Å². The zero-order valence-electron chi connectivity index (χ0n) is 8.25. The van der Waals surface area contributed by atoms with Crippen LogP contribution in [0.4, 0.5) is 0 Å². The molecule has 1 aromatic rings. The molecular formula is C9H11CrKO. The molecular weight excluding hydrogens is 215 g/mol. The number of hydrogen-bond acceptors (Lipinski definition) is 1. The Kier molecular flexibility index (Phi) is 7.27. The second kappa shape index (κ2) is 6.61. The van der Waals surface area contributed by atoms with Crippen molar-refractivity contribution in [3.63, 3.8) is 0 Å². The van der Waals surface area contributed by atoms with Crippen molar-refractivity contribution in [2.45, 2.75) is 12.8 Å². The Hall–Kier alpha value is 1.19. The molecule has 2 rings (SSSR count). The van der Waals surface area contributed by atoms with Crippen molar-refractivity contribution in [1.29, 1.82) is 0 Å². The van der Waals surface area contributed by atoms with Crippen molar-refractivity contribution in [1.82, 2.24) is 0 Å². The van der Waals surface area contributed by atoms with Gasteiger partial charge in [0.1, 0.15) is 5.75 Å². The molecule has 0 saturated carbocycles. The van der Waals surface area contributed by atoms with Crippen molar-refractivity contribution in [3.8, 4) is 5.75 Å². The van der Waals surface area contributed by atoms with Crippen LogP contribution in [0.5, 0.6) is 5.75 Å². The Morgan fingerprint density at radius 2 is 2.00 bits per heavy atom. The molecule has 1 nitrogen and oxygen atoms in total. The van der Waals surface area contributed by atoms with E-state index in [9.17, 15) is 0 Å². The standard InChI is InChI=1S/C9H10O.Cr.K.H/c1-2-6-9-8(4-1)5-3-7-10-9;;;/h1-2,4,6H,3,5,7H2;;;/q;;+1;-1. The molecule has 0 aromatic heterocycles. The van der Waals surface area contributed by atoms with Gasteiger partial charge in [-0.05, 0) is 24.5 Å². The van der Waals surface area contributed by atoms with E-state index in [0.717, 1.165) is 18.8 Å². The molecule has 60 valence electrons. The molecule has 0 N–H and O–H groups in total. The van der Waals surface area contributed by atoms with Gasteiger partial charge in [0, 0.05) is 17.4 Å². The number of aryl methyl sites for hydroxylation is 1. The molecule has 0 spiro atoms. The fourth-order valence-electron chi connectivity index (χ4n) is 1.30. The summed E-state index contributed by atoms with van der Waals surface area (Å²) in [5.41, 5.74) is 1.36. The average molecular weight is 226 g/mol. The van der Waals surface area contributed by atoms with Gasteiger partial charge in [-0.1, -0.05) is 18.2 Å². The van der Waals surface area contributed by atoms with Gasteiger partial charge in [0.05, 0.1) is 6.61 Å². The maximum atomic E-state index is 5.42. The van der Waals surface area contributed by atoms with Crippen LogP contribution in [0.15, 0.2) is 24.3 Å². The second-order valence-corrected chi connectivity index (χ2v) is 2.56. The first-order chi connectivity index (χ1) is 4.97. The summed E-state index contributed by atoms with van der Waals surface area (Å²) in [6.45, 7) is 0.886. The van der Waals surface area contributed by atoms with Crippen LogP contribution in [0.25, 0.3) is 0 Å². The number of benzene rings is 1. The topological polar surface area (TPSA) is 9.23 Å². The summed E-state index contributed by atoms with van der Waals surface area (Å²) in [6, 6.07) is 8.25. The summed E-state index contributed by atoms with van der Waals surface area (Å²) in [5, 5.41) is 0. The van der Waals surface area contributed by atoms with Crippen LogP contribution in [0.3, 0.4) is 0 Å². The molecule has 1 heterocycles. The largest absolute Gasteiger partial charge is 1.00 e. The van der Waals surface area contributed by atoms with Gasteiger partial charge in [-0.25, -0.2) is 0 Å². The van der Waals surface area contributed by atoms with Crippen molar-refractivity contribution in [2.75, 3.05) is 6.61 Å². The number of rotatable bonds is 0. The first-order valence-corrected chi connectivity index (χ1v) is 3.67. The van der Waals surface area contributed by atoms with E-state index < -0.39 is 0 Å². The molecule has 0 atom stereocenters. The van der Waals surface area contributed by atoms with E-state index in [4.69, 9.17) is 4.74 Å². The minimum absolute atomic E-state index is 0. The number of para-hydroxylation sites is 1. The van der Waals surface area contributed by atoms with Gasteiger partial charge in [0.2, 0.25) is 0 Å². The van der Waals surface area contributed by atoms with Crippen LogP contribution in [-0.2, 0) is 23.8 Å². The van der Waals surface area contributed by atoms with Crippen LogP contribution < -0.4 is 56.1 Å². The summed E-state index contributed by atoms with van der Waals surface area (Å²) < 4.78 is 5.42. The van der Waals surface area contributed by atoms with Crippen molar-refractivity contribution in [3.05, 3.63) is 29.8 Å². The summed E-state index contributed by atoms with van der Waals surface area (Å²) in [6.07, 6.45) is 2.34. The van der Waals surface area contributed by atoms with Gasteiger partial charge in [-0.3, -0.25) is 0 Å². The molecule has 0 fully saturated rings. The minimum Gasteiger partial charge on any atom is -1.00 e. The Labute approximate surface area is 128 Å². The maximum Gasteiger partial charge on any atom is 1.00 e. The average Bonchev–Trinajstić information content (AvgIpc) is 2.05. The summed E-state index contributed by atoms with van der Waals surface area (Å²) in [7, 11) is 0. The Morgan fingerprint density at radius 3 is 2.75 bits per heavy atom. The SMILES string of the molecule is [Cr].[H-].[K+].c1ccc2c(c1)CCCO2. The molecule has 1 aliphatic heterocycles. The maximum absolute atomic E-state index is 5.42. The molecule has 0 saturated heterocycles. The molecule has 0 aliphatic carbocycles. The molecule has 0 amide bonds. The first-order valence-electron chi connectivity index (χ1n) is 3.67. The molecule has 0 radical (unpaired) electrons. The second-order valence-electron chi connectivity index (χ2n) is 2.56. The molecule has 12 heavy (non-hydrogen) atoms. The van der Waals surface area contributed by atoms with Gasteiger partial charge in [0.15, 0.2) is 0 Å². The predicted octanol–water partition coefficient (Wildman–Crippen LogP) is -0.874. The molecule has 1 aliphatic rings. The van der Waals surface area contributed by atoms with E-state index in [-0.39, 0.29) is 70.2 Å². The Bertz CT molecular complexity index is 220. The summed E-state index contributed by atoms with van der Waals surface area (Å²) in [5.74, 6) is 1.08. The zero-order chi connectivity index (χ0) is 6.81. The van der Waals surface area contributed by atoms with Gasteiger partial charge in [0.25, 0.3) is 0 Å². The minimum atomic E-state index is 0. The quantitative estimate of drug-likeness (QED) is 0.522. The van der Waals surface area contributed by atoms with Gasteiger partial charge < -0.3 is 6.16 Å². The van der Waals surface area contributed by atoms with Gasteiger partial charge in [-0.2, -0.15) is 0 Å². The van der Waals surface area contributed by atoms with E-state index in [0.29, 0.717) is 0 Å². The van der Waals surface area contributed by atoms with E-state index in [1.807, 2.05) is 12.1 Å². The first kappa shape index (κ1) is 13.2. The summed E-state index contributed by atoms with van der Waals surface area (Å²) >= 11 is 0.